The van der Waals surface area contributed by atoms with E-state index in [1.165, 1.54) is 0 Å². The second-order valence-electron chi connectivity index (χ2n) is 8.64. The fourth-order valence-electron chi connectivity index (χ4n) is 3.81. The molecule has 10 heteroatoms. The Labute approximate surface area is 193 Å². The summed E-state index contributed by atoms with van der Waals surface area (Å²) in [7, 11) is -3.15. The van der Waals surface area contributed by atoms with Gasteiger partial charge >= 0.3 is 0 Å². The van der Waals surface area contributed by atoms with Gasteiger partial charge in [0.15, 0.2) is 0 Å². The lowest BCUT2D eigenvalue weighted by molar-refractivity contribution is -0.120. The number of aryl methyl sites for hydroxylation is 1. The van der Waals surface area contributed by atoms with E-state index in [0.717, 1.165) is 16.5 Å². The number of nitrogens with zero attached hydrogens (tertiary/aromatic N) is 4. The fraction of sp³-hybridized carbons (Fsp3) is 0.304. The molecule has 172 valence electrons. The van der Waals surface area contributed by atoms with E-state index in [9.17, 15) is 13.9 Å². The highest BCUT2D eigenvalue weighted by Crippen LogP contribution is 2.51. The third-order valence-electron chi connectivity index (χ3n) is 5.69. The smallest absolute Gasteiger partial charge is 0.259 e. The molecule has 1 aliphatic heterocycles. The first-order valence-corrected chi connectivity index (χ1v) is 12.2. The van der Waals surface area contributed by atoms with Crippen molar-refractivity contribution in [3.63, 3.8) is 0 Å². The third-order valence-corrected chi connectivity index (χ3v) is 7.52. The monoisotopic (exact) mass is 466 g/mol. The number of hydrogen-bond donors (Lipinski definition) is 3. The third kappa shape index (κ3) is 4.60. The van der Waals surface area contributed by atoms with Crippen LogP contribution in [0.2, 0.25) is 0 Å². The number of fused-ring (bicyclic) bond motifs is 2. The molecule has 1 aliphatic rings. The van der Waals surface area contributed by atoms with Crippen LogP contribution in [0.4, 0.5) is 11.5 Å². The number of benzene rings is 2. The highest BCUT2D eigenvalue weighted by atomic mass is 32.3. The Morgan fingerprint density at radius 3 is 2.82 bits per heavy atom. The van der Waals surface area contributed by atoms with E-state index >= 15 is 0 Å². The first-order valence-electron chi connectivity index (χ1n) is 10.5. The summed E-state index contributed by atoms with van der Waals surface area (Å²) in [6.07, 6.45) is 0. The van der Waals surface area contributed by atoms with Crippen molar-refractivity contribution in [2.75, 3.05) is 22.5 Å². The molecule has 3 N–H and O–H groups in total. The molecule has 1 unspecified atom stereocenters. The van der Waals surface area contributed by atoms with E-state index in [2.05, 4.69) is 15.3 Å². The van der Waals surface area contributed by atoms with E-state index < -0.39 is 22.0 Å². The highest BCUT2D eigenvalue weighted by Gasteiger charge is 2.33. The maximum absolute atomic E-state index is 12.9. The van der Waals surface area contributed by atoms with Gasteiger partial charge in [-0.15, -0.1) is 0 Å². The molecule has 3 aromatic rings. The summed E-state index contributed by atoms with van der Waals surface area (Å²) < 4.78 is 23.5. The largest absolute Gasteiger partial charge is 0.764 e. The molecule has 0 spiro atoms. The molecule has 4 rings (SSSR count). The predicted octanol–water partition coefficient (Wildman–Crippen LogP) is 4.60. The van der Waals surface area contributed by atoms with Gasteiger partial charge in [-0.05, 0) is 44.5 Å². The minimum Gasteiger partial charge on any atom is -0.764 e. The topological polar surface area (TPSA) is 139 Å². The number of carbonyl (C=O) groups is 1. The molecule has 2 aromatic carbocycles. The Hall–Kier alpha value is -3.30. The van der Waals surface area contributed by atoms with Gasteiger partial charge in [0.2, 0.25) is 10.5 Å². The summed E-state index contributed by atoms with van der Waals surface area (Å²) in [5.74, 6) is 0.266. The van der Waals surface area contributed by atoms with Gasteiger partial charge in [0.05, 0.1) is 11.2 Å². The summed E-state index contributed by atoms with van der Waals surface area (Å²) in [6, 6.07) is 14.7. The van der Waals surface area contributed by atoms with Crippen molar-refractivity contribution >= 4 is 38.9 Å². The quantitative estimate of drug-likeness (QED) is 0.381. The van der Waals surface area contributed by atoms with E-state index in [1.807, 2.05) is 42.2 Å². The number of rotatable bonds is 4. The highest BCUT2D eigenvalue weighted by molar-refractivity contribution is 8.24. The lowest BCUT2D eigenvalue weighted by atomic mass is 10.0. The van der Waals surface area contributed by atoms with Gasteiger partial charge in [-0.25, -0.2) is 4.98 Å². The Balaban J connectivity index is 1.79. The van der Waals surface area contributed by atoms with Crippen molar-refractivity contribution in [1.82, 2.24) is 9.90 Å². The fourth-order valence-corrected chi connectivity index (χ4v) is 5.33. The number of carbonyl (C=O) groups excluding carboxylic acids is 1. The minimum absolute atomic E-state index is 0.0796. The Bertz CT molecular complexity index is 1290. The molecular weight excluding hydrogens is 440 g/mol. The van der Waals surface area contributed by atoms with Crippen molar-refractivity contribution in [1.29, 1.82) is 5.53 Å². The number of anilines is 2. The number of pyridine rings is 1. The Morgan fingerprint density at radius 2 is 2.06 bits per heavy atom. The van der Waals surface area contributed by atoms with Crippen molar-refractivity contribution in [3.05, 3.63) is 59.7 Å². The summed E-state index contributed by atoms with van der Waals surface area (Å²) in [5.41, 5.74) is 8.81. The number of amides is 1. The first kappa shape index (κ1) is 22.9. The van der Waals surface area contributed by atoms with Crippen LogP contribution in [-0.2, 0) is 11.3 Å². The van der Waals surface area contributed by atoms with Crippen molar-refractivity contribution in [2.45, 2.75) is 37.8 Å². The van der Waals surface area contributed by atoms with Crippen LogP contribution in [0.5, 0.6) is 0 Å². The van der Waals surface area contributed by atoms with E-state index in [4.69, 9.17) is 10.5 Å². The van der Waals surface area contributed by atoms with Crippen molar-refractivity contribution in [3.8, 4) is 0 Å². The zero-order valence-corrected chi connectivity index (χ0v) is 19.5. The van der Waals surface area contributed by atoms with Gasteiger partial charge in [0, 0.05) is 35.2 Å². The van der Waals surface area contributed by atoms with E-state index in [1.54, 1.807) is 32.0 Å². The maximum Gasteiger partial charge on any atom is 0.259 e. The van der Waals surface area contributed by atoms with Gasteiger partial charge in [-0.1, -0.05) is 29.8 Å². The zero-order chi connectivity index (χ0) is 23.8. The molecule has 1 aromatic heterocycles. The van der Waals surface area contributed by atoms with Crippen LogP contribution < -0.4 is 15.1 Å². The molecule has 2 heterocycles. The van der Waals surface area contributed by atoms with Crippen LogP contribution >= 0.6 is 10.6 Å². The molecule has 9 nitrogen and oxygen atoms in total. The van der Waals surface area contributed by atoms with E-state index in [0.29, 0.717) is 35.0 Å². The minimum atomic E-state index is -3.15. The van der Waals surface area contributed by atoms with Crippen molar-refractivity contribution < 1.29 is 13.9 Å². The molecule has 0 aliphatic carbocycles. The van der Waals surface area contributed by atoms with Gasteiger partial charge in [0.1, 0.15) is 16.5 Å². The molecule has 0 saturated carbocycles. The lowest BCUT2D eigenvalue weighted by Gasteiger charge is -2.45. The zero-order valence-electron chi connectivity index (χ0n) is 18.7. The Morgan fingerprint density at radius 1 is 1.30 bits per heavy atom. The van der Waals surface area contributed by atoms with E-state index in [-0.39, 0.29) is 5.75 Å². The normalized spacial score (nSPS) is 20.2. The second-order valence-corrected chi connectivity index (χ2v) is 10.8. The van der Waals surface area contributed by atoms with Crippen LogP contribution in [0.1, 0.15) is 25.0 Å². The summed E-state index contributed by atoms with van der Waals surface area (Å²) in [5, 5.41) is 7.40. The van der Waals surface area contributed by atoms with Crippen LogP contribution in [0.15, 0.2) is 58.5 Å². The SMILES string of the molecule is Cc1ccc2nc(N3CCS([O-])(O)c4ccccc4C3)cc(NC(=O)C(C)(C)N=[N+]=N)c2c1. The summed E-state index contributed by atoms with van der Waals surface area (Å²) in [4.78, 5) is 23.1. The van der Waals surface area contributed by atoms with Crippen LogP contribution in [0.3, 0.4) is 0 Å². The molecule has 0 saturated heterocycles. The van der Waals surface area contributed by atoms with Gasteiger partial charge in [0.25, 0.3) is 5.91 Å². The molecule has 1 atom stereocenters. The number of aromatic nitrogens is 1. The average Bonchev–Trinajstić information content (AvgIpc) is 2.90. The van der Waals surface area contributed by atoms with Crippen LogP contribution in [0.25, 0.3) is 10.9 Å². The van der Waals surface area contributed by atoms with Gasteiger partial charge < -0.3 is 29.9 Å². The number of nitrogens with one attached hydrogen (secondary N) is 2. The molecular formula is C23H26N6O3S. The molecule has 33 heavy (non-hydrogen) atoms. The average molecular weight is 467 g/mol. The second kappa shape index (κ2) is 8.57. The number of hydrogen-bond acceptors (Lipinski definition) is 7. The van der Waals surface area contributed by atoms with Gasteiger partial charge in [-0.2, -0.15) is 0 Å². The first-order chi connectivity index (χ1) is 15.6. The standard InChI is InChI=1S/C23H26N6O3S/c1-15-8-9-18-17(12-15)19(26-22(30)23(2,3)27-28-24)13-21(25-18)29-10-11-33(31,32)20-7-5-4-6-16(20)14-29/h4-9,12-13,24H,10-11,14H2,1-3H3,(H2-,25,26,30,31,32). The molecule has 1 amide bonds. The molecule has 0 fully saturated rings. The van der Waals surface area contributed by atoms with Crippen LogP contribution in [-0.4, -0.2) is 37.8 Å². The lowest BCUT2D eigenvalue weighted by Crippen LogP contribution is -2.35. The van der Waals surface area contributed by atoms with Crippen molar-refractivity contribution in [2.24, 2.45) is 5.11 Å². The predicted molar refractivity (Wildman–Crippen MR) is 128 cm³/mol. The van der Waals surface area contributed by atoms with Gasteiger partial charge in [-0.3, -0.25) is 4.79 Å². The summed E-state index contributed by atoms with van der Waals surface area (Å²) >= 11 is 0. The Kier molecular flexibility index (Phi) is 5.94. The van der Waals surface area contributed by atoms with Crippen LogP contribution in [0, 0.1) is 12.5 Å². The molecule has 0 radical (unpaired) electrons. The molecule has 0 bridgehead atoms. The summed E-state index contributed by atoms with van der Waals surface area (Å²) in [6.45, 7) is 5.88. The maximum atomic E-state index is 12.9.